The molecule has 0 unspecified atom stereocenters. The Kier molecular flexibility index (Phi) is 5.22. The number of ether oxygens (including phenoxy) is 2. The largest absolute Gasteiger partial charge is 0.494 e. The summed E-state index contributed by atoms with van der Waals surface area (Å²) >= 11 is 1.42. The van der Waals surface area contributed by atoms with Crippen LogP contribution in [0.4, 0.5) is 4.39 Å². The molecule has 0 radical (unpaired) electrons. The number of esters is 1. The van der Waals surface area contributed by atoms with Gasteiger partial charge in [0.1, 0.15) is 22.3 Å². The molecule has 0 aliphatic carbocycles. The lowest BCUT2D eigenvalue weighted by molar-refractivity contribution is 0.0603. The van der Waals surface area contributed by atoms with Gasteiger partial charge in [0, 0.05) is 16.3 Å². The minimum atomic E-state index is -0.549. The second-order valence-electron chi connectivity index (χ2n) is 6.20. The van der Waals surface area contributed by atoms with Crippen molar-refractivity contribution in [1.82, 2.24) is 9.97 Å². The van der Waals surface area contributed by atoms with E-state index in [0.29, 0.717) is 28.2 Å². The third-order valence-corrected chi connectivity index (χ3v) is 5.23. The maximum atomic E-state index is 13.7. The maximum absolute atomic E-state index is 13.7. The summed E-state index contributed by atoms with van der Waals surface area (Å²) in [5.74, 6) is -0.186. The lowest BCUT2D eigenvalue weighted by Gasteiger charge is -2.07. The molecule has 0 aliphatic rings. The second kappa shape index (κ2) is 7.97. The average Bonchev–Trinajstić information content (AvgIpc) is 3.23. The third kappa shape index (κ3) is 3.82. The van der Waals surface area contributed by atoms with Gasteiger partial charge in [0.05, 0.1) is 30.5 Å². The van der Waals surface area contributed by atoms with Crippen LogP contribution < -0.4 is 4.74 Å². The van der Waals surface area contributed by atoms with Crippen LogP contribution in [0.5, 0.6) is 5.75 Å². The van der Waals surface area contributed by atoms with E-state index in [1.165, 1.54) is 30.6 Å². The van der Waals surface area contributed by atoms with Crippen molar-refractivity contribution in [1.29, 1.82) is 0 Å². The predicted octanol–water partition coefficient (Wildman–Crippen LogP) is 5.35. The van der Waals surface area contributed by atoms with Crippen molar-refractivity contribution in [2.45, 2.75) is 6.92 Å². The van der Waals surface area contributed by atoms with Gasteiger partial charge >= 0.3 is 5.97 Å². The van der Waals surface area contributed by atoms with Crippen LogP contribution in [0.2, 0.25) is 0 Å². The van der Waals surface area contributed by atoms with Crippen LogP contribution in [0, 0.1) is 5.82 Å². The average molecular weight is 408 g/mol. The van der Waals surface area contributed by atoms with E-state index in [0.717, 1.165) is 17.0 Å². The van der Waals surface area contributed by atoms with Gasteiger partial charge in [-0.1, -0.05) is 0 Å². The van der Waals surface area contributed by atoms with Crippen LogP contribution in [0.1, 0.15) is 17.3 Å². The number of hydrogen-bond donors (Lipinski definition) is 0. The molecule has 7 heteroatoms. The molecule has 0 fully saturated rings. The first-order valence-electron chi connectivity index (χ1n) is 8.97. The number of hydrogen-bond acceptors (Lipinski definition) is 6. The summed E-state index contributed by atoms with van der Waals surface area (Å²) in [6.45, 7) is 2.55. The normalized spacial score (nSPS) is 10.9. The number of pyridine rings is 1. The first-order chi connectivity index (χ1) is 14.1. The van der Waals surface area contributed by atoms with Crippen molar-refractivity contribution in [2.24, 2.45) is 0 Å². The molecule has 0 bridgehead atoms. The number of nitrogens with zero attached hydrogens (tertiary/aromatic N) is 2. The van der Waals surface area contributed by atoms with Gasteiger partial charge in [0.2, 0.25) is 0 Å². The zero-order valence-electron chi connectivity index (χ0n) is 15.8. The fourth-order valence-electron chi connectivity index (χ4n) is 3.00. The highest BCUT2D eigenvalue weighted by Crippen LogP contribution is 2.31. The van der Waals surface area contributed by atoms with Gasteiger partial charge in [0.25, 0.3) is 0 Å². The molecule has 2 heterocycles. The Morgan fingerprint density at radius 2 is 1.86 bits per heavy atom. The van der Waals surface area contributed by atoms with Crippen LogP contribution in [0.3, 0.4) is 0 Å². The highest BCUT2D eigenvalue weighted by molar-refractivity contribution is 7.13. The zero-order valence-corrected chi connectivity index (χ0v) is 16.6. The van der Waals surface area contributed by atoms with E-state index in [-0.39, 0.29) is 5.56 Å². The highest BCUT2D eigenvalue weighted by atomic mass is 32.1. The first-order valence-corrected chi connectivity index (χ1v) is 9.84. The predicted molar refractivity (Wildman–Crippen MR) is 111 cm³/mol. The SMILES string of the molecule is CCOc1ccc(-c2csc(-c3cc(C(=O)OC)c4cc(F)ccc4n3)n2)cc1. The second-order valence-corrected chi connectivity index (χ2v) is 7.06. The fourth-order valence-corrected chi connectivity index (χ4v) is 3.79. The van der Waals surface area contributed by atoms with E-state index in [4.69, 9.17) is 9.47 Å². The van der Waals surface area contributed by atoms with Crippen LogP contribution in [-0.4, -0.2) is 29.7 Å². The monoisotopic (exact) mass is 408 g/mol. The Morgan fingerprint density at radius 3 is 2.59 bits per heavy atom. The maximum Gasteiger partial charge on any atom is 0.338 e. The summed E-state index contributed by atoms with van der Waals surface area (Å²) in [5, 5.41) is 2.99. The Balaban J connectivity index is 1.75. The van der Waals surface area contributed by atoms with E-state index < -0.39 is 11.8 Å². The molecular formula is C22H17FN2O3S. The van der Waals surface area contributed by atoms with Gasteiger partial charge in [-0.05, 0) is 55.5 Å². The Morgan fingerprint density at radius 1 is 1.07 bits per heavy atom. The van der Waals surface area contributed by atoms with Gasteiger partial charge in [-0.2, -0.15) is 0 Å². The summed E-state index contributed by atoms with van der Waals surface area (Å²) in [4.78, 5) is 21.5. The molecule has 0 atom stereocenters. The number of thiazole rings is 1. The van der Waals surface area contributed by atoms with E-state index in [9.17, 15) is 9.18 Å². The molecule has 0 N–H and O–H groups in total. The lowest BCUT2D eigenvalue weighted by Crippen LogP contribution is -2.04. The molecule has 146 valence electrons. The first kappa shape index (κ1) is 19.0. The van der Waals surface area contributed by atoms with Crippen molar-refractivity contribution >= 4 is 28.2 Å². The molecule has 0 saturated heterocycles. The Labute approximate surface area is 170 Å². The van der Waals surface area contributed by atoms with Gasteiger partial charge in [-0.3, -0.25) is 0 Å². The van der Waals surface area contributed by atoms with Crippen LogP contribution in [0.25, 0.3) is 32.9 Å². The van der Waals surface area contributed by atoms with E-state index in [1.807, 2.05) is 36.6 Å². The Hall–Kier alpha value is -3.32. The van der Waals surface area contributed by atoms with E-state index >= 15 is 0 Å². The van der Waals surface area contributed by atoms with E-state index in [1.54, 1.807) is 12.1 Å². The standard InChI is InChI=1S/C22H17FN2O3S/c1-3-28-15-7-4-13(5-8-15)20-12-29-21(25-20)19-11-17(22(26)27-2)16-10-14(23)6-9-18(16)24-19/h4-12H,3H2,1-2H3. The minimum absolute atomic E-state index is 0.254. The van der Waals surface area contributed by atoms with Crippen molar-refractivity contribution < 1.29 is 18.7 Å². The number of rotatable bonds is 5. The molecule has 2 aromatic heterocycles. The van der Waals surface area contributed by atoms with Gasteiger partial charge < -0.3 is 9.47 Å². The van der Waals surface area contributed by atoms with Crippen molar-refractivity contribution in [3.63, 3.8) is 0 Å². The van der Waals surface area contributed by atoms with Crippen molar-refractivity contribution in [2.75, 3.05) is 13.7 Å². The zero-order chi connectivity index (χ0) is 20.4. The van der Waals surface area contributed by atoms with Gasteiger partial charge in [-0.25, -0.2) is 19.2 Å². The lowest BCUT2D eigenvalue weighted by atomic mass is 10.1. The quantitative estimate of drug-likeness (QED) is 0.417. The van der Waals surface area contributed by atoms with Gasteiger partial charge in [-0.15, -0.1) is 11.3 Å². The molecule has 4 aromatic rings. The molecule has 29 heavy (non-hydrogen) atoms. The van der Waals surface area contributed by atoms with Crippen LogP contribution >= 0.6 is 11.3 Å². The number of halogens is 1. The van der Waals surface area contributed by atoms with Crippen molar-refractivity contribution in [3.8, 4) is 27.7 Å². The van der Waals surface area contributed by atoms with Crippen molar-refractivity contribution in [3.05, 3.63) is 65.3 Å². The number of benzene rings is 2. The summed E-state index contributed by atoms with van der Waals surface area (Å²) in [6.07, 6.45) is 0. The smallest absolute Gasteiger partial charge is 0.338 e. The molecule has 2 aromatic carbocycles. The topological polar surface area (TPSA) is 61.3 Å². The van der Waals surface area contributed by atoms with Crippen LogP contribution in [0.15, 0.2) is 53.9 Å². The number of methoxy groups -OCH3 is 1. The van der Waals surface area contributed by atoms with Crippen LogP contribution in [-0.2, 0) is 4.74 Å². The summed E-state index contributed by atoms with van der Waals surface area (Å²) in [7, 11) is 1.29. The molecule has 5 nitrogen and oxygen atoms in total. The fraction of sp³-hybridized carbons (Fsp3) is 0.136. The molecule has 0 aliphatic heterocycles. The molecule has 0 saturated carbocycles. The molecule has 4 rings (SSSR count). The molecular weight excluding hydrogens is 391 g/mol. The number of aromatic nitrogens is 2. The number of fused-ring (bicyclic) bond motifs is 1. The highest BCUT2D eigenvalue weighted by Gasteiger charge is 2.17. The number of carbonyl (C=O) groups excluding carboxylic acids is 1. The van der Waals surface area contributed by atoms with Gasteiger partial charge in [0.15, 0.2) is 0 Å². The summed E-state index contributed by atoms with van der Waals surface area (Å²) < 4.78 is 24.0. The molecule has 0 spiro atoms. The Bertz CT molecular complexity index is 1190. The van der Waals surface area contributed by atoms with E-state index in [2.05, 4.69) is 9.97 Å². The summed E-state index contributed by atoms with van der Waals surface area (Å²) in [6, 6.07) is 13.4. The summed E-state index contributed by atoms with van der Waals surface area (Å²) in [5.41, 5.74) is 3.04. The number of carbonyl (C=O) groups is 1. The third-order valence-electron chi connectivity index (χ3n) is 4.36. The molecule has 0 amide bonds. The minimum Gasteiger partial charge on any atom is -0.494 e.